The van der Waals surface area contributed by atoms with Crippen LogP contribution in [0.1, 0.15) is 33.6 Å². The second kappa shape index (κ2) is 8.67. The summed E-state index contributed by atoms with van der Waals surface area (Å²) >= 11 is 0. The Kier molecular flexibility index (Phi) is 6.88. The summed E-state index contributed by atoms with van der Waals surface area (Å²) in [5.74, 6) is 0. The van der Waals surface area contributed by atoms with Gasteiger partial charge in [-0.05, 0) is 70.1 Å². The third-order valence-corrected chi connectivity index (χ3v) is 4.86. The third-order valence-electron chi connectivity index (χ3n) is 4.86. The minimum Gasteiger partial charge on any atom is -0.357 e. The lowest BCUT2D eigenvalue weighted by Gasteiger charge is -2.37. The molecule has 2 N–H and O–H groups in total. The fraction of sp³-hybridized carbons (Fsp3) is 0.684. The molecule has 2 aliphatic rings. The summed E-state index contributed by atoms with van der Waals surface area (Å²) in [5, 5.41) is 7.33. The monoisotopic (exact) mass is 318 g/mol. The van der Waals surface area contributed by atoms with Crippen LogP contribution in [-0.4, -0.2) is 61.8 Å². The van der Waals surface area contributed by atoms with E-state index in [1.165, 1.54) is 37.1 Å². The van der Waals surface area contributed by atoms with Crippen molar-refractivity contribution in [1.82, 2.24) is 20.4 Å². The Morgan fingerprint density at radius 1 is 1.30 bits per heavy atom. The second-order valence-electron chi connectivity index (χ2n) is 6.98. The van der Waals surface area contributed by atoms with E-state index in [0.717, 1.165) is 25.2 Å². The summed E-state index contributed by atoms with van der Waals surface area (Å²) in [5.41, 5.74) is 3.75. The number of nitrogens with one attached hydrogen (secondary N) is 2. The van der Waals surface area contributed by atoms with Crippen molar-refractivity contribution >= 4 is 0 Å². The van der Waals surface area contributed by atoms with Crippen LogP contribution in [0.2, 0.25) is 0 Å². The molecule has 23 heavy (non-hydrogen) atoms. The molecule has 4 nitrogen and oxygen atoms in total. The summed E-state index contributed by atoms with van der Waals surface area (Å²) in [6.07, 6.45) is 7.36. The molecule has 1 fully saturated rings. The maximum Gasteiger partial charge on any atom is 0.101 e. The van der Waals surface area contributed by atoms with Gasteiger partial charge in [-0.2, -0.15) is 0 Å². The first-order valence-corrected chi connectivity index (χ1v) is 8.98. The number of likely N-dealkylation sites (N-methyl/N-ethyl adjacent to an activating group) is 1. The highest BCUT2D eigenvalue weighted by atomic mass is 15.3. The van der Waals surface area contributed by atoms with Gasteiger partial charge >= 0.3 is 0 Å². The molecule has 130 valence electrons. The van der Waals surface area contributed by atoms with E-state index in [1.54, 1.807) is 0 Å². The van der Waals surface area contributed by atoms with Gasteiger partial charge in [-0.1, -0.05) is 19.6 Å². The second-order valence-corrected chi connectivity index (χ2v) is 6.98. The van der Waals surface area contributed by atoms with Gasteiger partial charge < -0.3 is 15.1 Å². The van der Waals surface area contributed by atoms with Crippen LogP contribution in [0, 0.1) is 0 Å². The molecule has 0 aromatic rings. The minimum absolute atomic E-state index is 0.308. The summed E-state index contributed by atoms with van der Waals surface area (Å²) in [6, 6.07) is 0.676. The molecule has 1 atom stereocenters. The lowest BCUT2D eigenvalue weighted by atomic mass is 10.0. The molecular weight excluding hydrogens is 284 g/mol. The van der Waals surface area contributed by atoms with Crippen molar-refractivity contribution in [3.8, 4) is 0 Å². The summed E-state index contributed by atoms with van der Waals surface area (Å²) < 4.78 is 0. The molecule has 0 bridgehead atoms. The van der Waals surface area contributed by atoms with Crippen LogP contribution in [0.4, 0.5) is 0 Å². The molecule has 2 rings (SSSR count). The molecule has 1 saturated heterocycles. The van der Waals surface area contributed by atoms with Gasteiger partial charge in [0.05, 0.1) is 0 Å². The van der Waals surface area contributed by atoms with E-state index in [1.807, 2.05) is 0 Å². The zero-order valence-corrected chi connectivity index (χ0v) is 15.4. The van der Waals surface area contributed by atoms with Crippen LogP contribution in [-0.2, 0) is 0 Å². The number of hydrogen-bond acceptors (Lipinski definition) is 4. The Labute approximate surface area is 142 Å². The highest BCUT2D eigenvalue weighted by molar-refractivity contribution is 5.41. The number of nitrogens with zero attached hydrogens (tertiary/aromatic N) is 2. The molecule has 0 aliphatic carbocycles. The summed E-state index contributed by atoms with van der Waals surface area (Å²) in [7, 11) is 2.21. The molecule has 2 aliphatic heterocycles. The van der Waals surface area contributed by atoms with Gasteiger partial charge in [0.15, 0.2) is 0 Å². The quantitative estimate of drug-likeness (QED) is 0.754. The number of piperidine rings is 1. The molecule has 0 radical (unpaired) electrons. The number of rotatable bonds is 7. The van der Waals surface area contributed by atoms with E-state index in [0.29, 0.717) is 12.2 Å². The predicted octanol–water partition coefficient (Wildman–Crippen LogP) is 2.33. The fourth-order valence-electron chi connectivity index (χ4n) is 3.39. The first kappa shape index (κ1) is 18.2. The Bertz CT molecular complexity index is 458. The summed E-state index contributed by atoms with van der Waals surface area (Å²) in [6.45, 7) is 16.0. The molecule has 4 heteroatoms. The topological polar surface area (TPSA) is 30.5 Å². The highest BCUT2D eigenvalue weighted by Gasteiger charge is 2.22. The van der Waals surface area contributed by atoms with Crippen LogP contribution in [0.15, 0.2) is 35.6 Å². The zero-order valence-electron chi connectivity index (χ0n) is 15.4. The van der Waals surface area contributed by atoms with E-state index in [9.17, 15) is 0 Å². The van der Waals surface area contributed by atoms with Crippen LogP contribution >= 0.6 is 0 Å². The van der Waals surface area contributed by atoms with Gasteiger partial charge in [0, 0.05) is 25.3 Å². The number of hydrogen-bond donors (Lipinski definition) is 2. The maximum absolute atomic E-state index is 4.10. The Hall–Kier alpha value is -1.10. The van der Waals surface area contributed by atoms with Crippen LogP contribution in [0.3, 0.4) is 0 Å². The van der Waals surface area contributed by atoms with Crippen molar-refractivity contribution in [2.24, 2.45) is 0 Å². The molecule has 2 heterocycles. The van der Waals surface area contributed by atoms with Crippen molar-refractivity contribution in [2.75, 3.05) is 39.8 Å². The van der Waals surface area contributed by atoms with Crippen LogP contribution in [0.25, 0.3) is 0 Å². The lowest BCUT2D eigenvalue weighted by molar-refractivity contribution is 0.220. The standard InChI is InChI=1S/C19H34N4/c1-6-20-19-16(4)13-17(15(2)3)14-23(19)12-9-21-18-7-10-22(5)11-8-18/h13-14,18-21H,2,6-12H2,1,3-5H3. The molecule has 0 aromatic heterocycles. The molecular formula is C19H34N4. The van der Waals surface area contributed by atoms with Crippen LogP contribution < -0.4 is 10.6 Å². The highest BCUT2D eigenvalue weighted by Crippen LogP contribution is 2.22. The Balaban J connectivity index is 1.89. The first-order valence-electron chi connectivity index (χ1n) is 8.98. The Morgan fingerprint density at radius 3 is 2.61 bits per heavy atom. The first-order chi connectivity index (χ1) is 11.0. The predicted molar refractivity (Wildman–Crippen MR) is 99.3 cm³/mol. The maximum atomic E-state index is 4.10. The van der Waals surface area contributed by atoms with Gasteiger partial charge in [0.25, 0.3) is 0 Å². The van der Waals surface area contributed by atoms with Gasteiger partial charge in [-0.25, -0.2) is 0 Å². The van der Waals surface area contributed by atoms with Crippen LogP contribution in [0.5, 0.6) is 0 Å². The largest absolute Gasteiger partial charge is 0.357 e. The summed E-state index contributed by atoms with van der Waals surface area (Å²) in [4.78, 5) is 4.84. The van der Waals surface area contributed by atoms with E-state index < -0.39 is 0 Å². The molecule has 0 amide bonds. The number of likely N-dealkylation sites (tertiary alicyclic amines) is 1. The van der Waals surface area contributed by atoms with E-state index in [4.69, 9.17) is 0 Å². The normalized spacial score (nSPS) is 23.7. The van der Waals surface area contributed by atoms with Crippen molar-refractivity contribution in [3.05, 3.63) is 35.6 Å². The third kappa shape index (κ3) is 5.20. The van der Waals surface area contributed by atoms with Gasteiger partial charge in [0.2, 0.25) is 0 Å². The van der Waals surface area contributed by atoms with Crippen molar-refractivity contribution < 1.29 is 0 Å². The fourth-order valence-corrected chi connectivity index (χ4v) is 3.39. The van der Waals surface area contributed by atoms with Crippen molar-refractivity contribution in [3.63, 3.8) is 0 Å². The molecule has 0 spiro atoms. The SMILES string of the molecule is C=C(C)C1=CN(CCNC2CCN(C)CC2)C(NCC)C(C)=C1. The molecule has 1 unspecified atom stereocenters. The molecule has 0 aromatic carbocycles. The van der Waals surface area contributed by atoms with Crippen molar-refractivity contribution in [2.45, 2.75) is 45.8 Å². The number of allylic oxidation sites excluding steroid dienone is 3. The average Bonchev–Trinajstić information content (AvgIpc) is 2.52. The molecule has 0 saturated carbocycles. The van der Waals surface area contributed by atoms with E-state index >= 15 is 0 Å². The van der Waals surface area contributed by atoms with E-state index in [-0.39, 0.29) is 0 Å². The lowest BCUT2D eigenvalue weighted by Crippen LogP contribution is -2.49. The van der Waals surface area contributed by atoms with Gasteiger partial charge in [0.1, 0.15) is 6.17 Å². The Morgan fingerprint density at radius 2 is 2.00 bits per heavy atom. The van der Waals surface area contributed by atoms with Gasteiger partial charge in [-0.15, -0.1) is 0 Å². The van der Waals surface area contributed by atoms with E-state index in [2.05, 4.69) is 67.1 Å². The average molecular weight is 319 g/mol. The minimum atomic E-state index is 0.308. The zero-order chi connectivity index (χ0) is 16.8. The van der Waals surface area contributed by atoms with Crippen molar-refractivity contribution in [1.29, 1.82) is 0 Å². The smallest absolute Gasteiger partial charge is 0.101 e. The van der Waals surface area contributed by atoms with Gasteiger partial charge in [-0.3, -0.25) is 5.32 Å².